The van der Waals surface area contributed by atoms with Crippen molar-refractivity contribution in [2.24, 2.45) is 0 Å². The molecule has 0 saturated carbocycles. The van der Waals surface area contributed by atoms with E-state index in [4.69, 9.17) is 11.6 Å². The van der Waals surface area contributed by atoms with E-state index in [0.717, 1.165) is 12.1 Å². The molecule has 3 rings (SSSR count). The van der Waals surface area contributed by atoms with E-state index in [9.17, 15) is 26.4 Å². The molecule has 0 aliphatic heterocycles. The van der Waals surface area contributed by atoms with Gasteiger partial charge in [-0.1, -0.05) is 17.7 Å². The Hall–Kier alpha value is -3.24. The smallest absolute Gasteiger partial charge is 0.308 e. The van der Waals surface area contributed by atoms with Crippen LogP contribution in [0.15, 0.2) is 77.7 Å². The van der Waals surface area contributed by atoms with Gasteiger partial charge in [0.2, 0.25) is 0 Å². The lowest BCUT2D eigenvalue weighted by atomic mass is 10.2. The number of alkyl halides is 3. The summed E-state index contributed by atoms with van der Waals surface area (Å²) < 4.78 is 65.4. The second-order valence-electron chi connectivity index (χ2n) is 6.29. The van der Waals surface area contributed by atoms with Crippen LogP contribution >= 0.6 is 11.6 Å². The molecule has 0 bridgehead atoms. The maximum atomic E-state index is 12.8. The second kappa shape index (κ2) is 8.86. The van der Waals surface area contributed by atoms with Gasteiger partial charge >= 0.3 is 12.2 Å². The van der Waals surface area contributed by atoms with Crippen molar-refractivity contribution in [1.82, 2.24) is 0 Å². The SMILES string of the molecule is O=C(Nc1ccc(Cl)cc1)Nc1ccc(S(=O)(=O)Nc2cccc(C(F)(F)F)c2)cc1. The standard InChI is InChI=1S/C20H15ClF3N3O3S/c21-14-4-6-15(7-5-14)25-19(28)26-16-8-10-18(11-9-16)31(29,30)27-17-3-1-2-13(12-17)20(22,23)24/h1-12,27H,(H2,25,26,28). The fourth-order valence-corrected chi connectivity index (χ4v) is 3.69. The van der Waals surface area contributed by atoms with Crippen molar-refractivity contribution in [1.29, 1.82) is 0 Å². The largest absolute Gasteiger partial charge is 0.416 e. The zero-order chi connectivity index (χ0) is 22.6. The molecule has 0 atom stereocenters. The topological polar surface area (TPSA) is 87.3 Å². The van der Waals surface area contributed by atoms with Gasteiger partial charge in [-0.25, -0.2) is 13.2 Å². The lowest BCUT2D eigenvalue weighted by Gasteiger charge is -2.12. The third-order valence-electron chi connectivity index (χ3n) is 3.97. The van der Waals surface area contributed by atoms with E-state index in [1.54, 1.807) is 24.3 Å². The van der Waals surface area contributed by atoms with Gasteiger partial charge in [-0.15, -0.1) is 0 Å². The van der Waals surface area contributed by atoms with E-state index in [-0.39, 0.29) is 10.6 Å². The number of benzene rings is 3. The van der Waals surface area contributed by atoms with Gasteiger partial charge in [0.05, 0.1) is 10.5 Å². The normalized spacial score (nSPS) is 11.6. The van der Waals surface area contributed by atoms with Gasteiger partial charge in [-0.2, -0.15) is 13.2 Å². The monoisotopic (exact) mass is 469 g/mol. The van der Waals surface area contributed by atoms with Gasteiger partial charge in [0, 0.05) is 22.1 Å². The number of rotatable bonds is 5. The van der Waals surface area contributed by atoms with Gasteiger partial charge in [-0.05, 0) is 66.7 Å². The Morgan fingerprint density at radius 2 is 1.35 bits per heavy atom. The summed E-state index contributed by atoms with van der Waals surface area (Å²) in [5.74, 6) is 0. The molecular formula is C20H15ClF3N3O3S. The van der Waals surface area contributed by atoms with Gasteiger partial charge in [0.1, 0.15) is 0 Å². The minimum absolute atomic E-state index is 0.187. The summed E-state index contributed by atoms with van der Waals surface area (Å²) in [6, 6.07) is 14.9. The number of nitrogens with one attached hydrogen (secondary N) is 3. The second-order valence-corrected chi connectivity index (χ2v) is 8.41. The van der Waals surface area contributed by atoms with Crippen LogP contribution in [0.25, 0.3) is 0 Å². The third-order valence-corrected chi connectivity index (χ3v) is 5.62. The Morgan fingerprint density at radius 3 is 1.90 bits per heavy atom. The van der Waals surface area contributed by atoms with Crippen LogP contribution in [-0.4, -0.2) is 14.4 Å². The summed E-state index contributed by atoms with van der Waals surface area (Å²) in [6.07, 6.45) is -4.60. The van der Waals surface area contributed by atoms with E-state index in [0.29, 0.717) is 22.5 Å². The molecule has 0 radical (unpaired) electrons. The first-order chi connectivity index (χ1) is 14.5. The minimum Gasteiger partial charge on any atom is -0.308 e. The van der Waals surface area contributed by atoms with Gasteiger partial charge in [-0.3, -0.25) is 4.72 Å². The van der Waals surface area contributed by atoms with Gasteiger partial charge < -0.3 is 10.6 Å². The Labute approximate surface area is 181 Å². The van der Waals surface area contributed by atoms with Crippen LogP contribution in [0.3, 0.4) is 0 Å². The minimum atomic E-state index is -4.60. The predicted octanol–water partition coefficient (Wildman–Crippen LogP) is 5.80. The summed E-state index contributed by atoms with van der Waals surface area (Å²) in [5, 5.41) is 5.63. The van der Waals surface area contributed by atoms with Crippen molar-refractivity contribution < 1.29 is 26.4 Å². The van der Waals surface area contributed by atoms with Crippen LogP contribution in [-0.2, 0) is 16.2 Å². The highest BCUT2D eigenvalue weighted by Gasteiger charge is 2.30. The zero-order valence-electron chi connectivity index (χ0n) is 15.6. The molecule has 31 heavy (non-hydrogen) atoms. The first-order valence-electron chi connectivity index (χ1n) is 8.67. The van der Waals surface area contributed by atoms with Crippen LogP contribution in [0.4, 0.5) is 35.0 Å². The number of anilines is 3. The van der Waals surface area contributed by atoms with Crippen molar-refractivity contribution in [3.8, 4) is 0 Å². The Kier molecular flexibility index (Phi) is 6.42. The molecule has 6 nitrogen and oxygen atoms in total. The van der Waals surface area contributed by atoms with Crippen LogP contribution in [0.5, 0.6) is 0 Å². The molecule has 0 aliphatic rings. The molecule has 0 heterocycles. The number of carbonyl (C=O) groups excluding carboxylic acids is 1. The van der Waals surface area contributed by atoms with E-state index >= 15 is 0 Å². The average molecular weight is 470 g/mol. The molecule has 11 heteroatoms. The van der Waals surface area contributed by atoms with Crippen molar-refractivity contribution in [3.63, 3.8) is 0 Å². The number of amides is 2. The van der Waals surface area contributed by atoms with E-state index in [2.05, 4.69) is 15.4 Å². The molecule has 0 unspecified atom stereocenters. The highest BCUT2D eigenvalue weighted by atomic mass is 35.5. The predicted molar refractivity (Wildman–Crippen MR) is 113 cm³/mol. The Bertz CT molecular complexity index is 1180. The highest BCUT2D eigenvalue weighted by molar-refractivity contribution is 7.92. The number of carbonyl (C=O) groups is 1. The van der Waals surface area contributed by atoms with Crippen molar-refractivity contribution in [2.45, 2.75) is 11.1 Å². The first kappa shape index (κ1) is 22.4. The summed E-state index contributed by atoms with van der Waals surface area (Å²) >= 11 is 5.78. The summed E-state index contributed by atoms with van der Waals surface area (Å²) in [4.78, 5) is 11.8. The molecule has 3 N–H and O–H groups in total. The van der Waals surface area contributed by atoms with Gasteiger partial charge in [0.15, 0.2) is 0 Å². The highest BCUT2D eigenvalue weighted by Crippen LogP contribution is 2.31. The number of hydrogen-bond donors (Lipinski definition) is 3. The van der Waals surface area contributed by atoms with Crippen molar-refractivity contribution in [2.75, 3.05) is 15.4 Å². The van der Waals surface area contributed by atoms with Crippen LogP contribution in [0.2, 0.25) is 5.02 Å². The number of halogens is 4. The lowest BCUT2D eigenvalue weighted by Crippen LogP contribution is -2.19. The van der Waals surface area contributed by atoms with Crippen LogP contribution in [0, 0.1) is 0 Å². The molecule has 3 aromatic carbocycles. The Balaban J connectivity index is 1.67. The quantitative estimate of drug-likeness (QED) is 0.441. The van der Waals surface area contributed by atoms with E-state index < -0.39 is 27.8 Å². The lowest BCUT2D eigenvalue weighted by molar-refractivity contribution is -0.137. The summed E-state index contributed by atoms with van der Waals surface area (Å²) in [5.41, 5.74) is -0.380. The van der Waals surface area contributed by atoms with Gasteiger partial charge in [0.25, 0.3) is 10.0 Å². The van der Waals surface area contributed by atoms with E-state index in [1.165, 1.54) is 30.3 Å². The number of urea groups is 1. The molecule has 162 valence electrons. The summed E-state index contributed by atoms with van der Waals surface area (Å²) in [6.45, 7) is 0. The Morgan fingerprint density at radius 1 is 0.806 bits per heavy atom. The molecule has 0 aromatic heterocycles. The molecule has 0 spiro atoms. The summed E-state index contributed by atoms with van der Waals surface area (Å²) in [7, 11) is -4.13. The molecule has 0 fully saturated rings. The van der Waals surface area contributed by atoms with E-state index in [1.807, 2.05) is 0 Å². The molecule has 0 saturated heterocycles. The average Bonchev–Trinajstić information content (AvgIpc) is 2.69. The van der Waals surface area contributed by atoms with Crippen LogP contribution in [0.1, 0.15) is 5.56 Å². The molecular weight excluding hydrogens is 455 g/mol. The van der Waals surface area contributed by atoms with Crippen LogP contribution < -0.4 is 15.4 Å². The molecule has 2 amide bonds. The maximum absolute atomic E-state index is 12.8. The fourth-order valence-electron chi connectivity index (χ4n) is 2.52. The first-order valence-corrected chi connectivity index (χ1v) is 10.5. The van der Waals surface area contributed by atoms with Crippen molar-refractivity contribution in [3.05, 3.63) is 83.4 Å². The number of hydrogen-bond acceptors (Lipinski definition) is 3. The third kappa shape index (κ3) is 6.12. The molecule has 3 aromatic rings. The fraction of sp³-hybridized carbons (Fsp3) is 0.0500. The van der Waals surface area contributed by atoms with Crippen molar-refractivity contribution >= 4 is 44.7 Å². The number of sulfonamides is 1. The molecule has 0 aliphatic carbocycles. The maximum Gasteiger partial charge on any atom is 0.416 e. The zero-order valence-corrected chi connectivity index (χ0v) is 17.1.